The number of likely N-dealkylation sites (tertiary alicyclic amines) is 1. The van der Waals surface area contributed by atoms with Gasteiger partial charge in [0.25, 0.3) is 0 Å². The monoisotopic (exact) mass is 303 g/mol. The van der Waals surface area contributed by atoms with Crippen LogP contribution in [0.15, 0.2) is 12.2 Å². The zero-order valence-electron chi connectivity index (χ0n) is 13.9. The van der Waals surface area contributed by atoms with Gasteiger partial charge >= 0.3 is 5.97 Å². The van der Waals surface area contributed by atoms with E-state index in [4.69, 9.17) is 4.74 Å². The second kappa shape index (κ2) is 5.36. The quantitative estimate of drug-likeness (QED) is 0.578. The van der Waals surface area contributed by atoms with Crippen molar-refractivity contribution in [3.63, 3.8) is 0 Å². The van der Waals surface area contributed by atoms with E-state index >= 15 is 0 Å². The second-order valence-electron chi connectivity index (χ2n) is 8.41. The van der Waals surface area contributed by atoms with Crippen LogP contribution >= 0.6 is 0 Å². The average Bonchev–Trinajstić information content (AvgIpc) is 3.06. The molecule has 4 fully saturated rings. The summed E-state index contributed by atoms with van der Waals surface area (Å²) in [6.07, 6.45) is 8.65. The highest BCUT2D eigenvalue weighted by molar-refractivity contribution is 5.75. The molecule has 0 aromatic rings. The van der Waals surface area contributed by atoms with Crippen LogP contribution < -0.4 is 0 Å². The first-order valence-electron chi connectivity index (χ1n) is 9.17. The van der Waals surface area contributed by atoms with Gasteiger partial charge < -0.3 is 9.64 Å². The first-order chi connectivity index (χ1) is 10.6. The molecule has 0 radical (unpaired) electrons. The van der Waals surface area contributed by atoms with Gasteiger partial charge in [-0.1, -0.05) is 19.1 Å². The third-order valence-corrected chi connectivity index (χ3v) is 6.97. The summed E-state index contributed by atoms with van der Waals surface area (Å²) >= 11 is 0. The van der Waals surface area contributed by atoms with E-state index in [2.05, 4.69) is 18.4 Å². The number of nitrogens with zero attached hydrogens (tertiary/aromatic N) is 1. The molecule has 2 aliphatic heterocycles. The Hall–Kier alpha value is -0.830. The molecule has 0 spiro atoms. The Kier molecular flexibility index (Phi) is 3.60. The first kappa shape index (κ1) is 14.7. The summed E-state index contributed by atoms with van der Waals surface area (Å²) in [7, 11) is 0. The fourth-order valence-electron chi connectivity index (χ4n) is 5.71. The van der Waals surface area contributed by atoms with Gasteiger partial charge in [0.2, 0.25) is 0 Å². The van der Waals surface area contributed by atoms with Gasteiger partial charge in [0.15, 0.2) is 0 Å². The van der Waals surface area contributed by atoms with Crippen molar-refractivity contribution in [1.29, 1.82) is 0 Å². The Morgan fingerprint density at radius 1 is 1.32 bits per heavy atom. The van der Waals surface area contributed by atoms with E-state index in [1.807, 2.05) is 0 Å². The molecule has 2 saturated carbocycles. The summed E-state index contributed by atoms with van der Waals surface area (Å²) in [5.74, 6) is 1.23. The van der Waals surface area contributed by atoms with Crippen LogP contribution in [0.5, 0.6) is 0 Å². The Labute approximate surface area is 134 Å². The van der Waals surface area contributed by atoms with Crippen molar-refractivity contribution >= 4 is 5.97 Å². The van der Waals surface area contributed by atoms with E-state index in [0.29, 0.717) is 17.3 Å². The van der Waals surface area contributed by atoms with E-state index in [9.17, 15) is 4.79 Å². The molecule has 0 N–H and O–H groups in total. The molecule has 3 nitrogen and oxygen atoms in total. The van der Waals surface area contributed by atoms with Crippen molar-refractivity contribution in [3.8, 4) is 0 Å². The van der Waals surface area contributed by atoms with E-state index < -0.39 is 0 Å². The minimum atomic E-state index is 0.0785. The summed E-state index contributed by atoms with van der Waals surface area (Å²) in [5, 5.41) is 0. The number of carbonyl (C=O) groups is 1. The lowest BCUT2D eigenvalue weighted by Gasteiger charge is -2.50. The SMILES string of the molecule is C=C1CCC[C@@]2(C)C[C@H]3OC(=O)[C@H](CN4CCCC4)[C@@H]3C[C@H]12. The Balaban J connectivity index is 1.53. The largest absolute Gasteiger partial charge is 0.462 e. The van der Waals surface area contributed by atoms with Crippen LogP contribution in [0.1, 0.15) is 51.9 Å². The molecule has 2 aliphatic carbocycles. The molecule has 2 saturated heterocycles. The van der Waals surface area contributed by atoms with E-state index in [1.54, 1.807) is 0 Å². The van der Waals surface area contributed by atoms with Crippen LogP contribution in [0.2, 0.25) is 0 Å². The summed E-state index contributed by atoms with van der Waals surface area (Å²) in [6.45, 7) is 10.0. The third kappa shape index (κ3) is 2.33. The minimum absolute atomic E-state index is 0.0785. The van der Waals surface area contributed by atoms with Gasteiger partial charge in [-0.25, -0.2) is 0 Å². The van der Waals surface area contributed by atoms with Crippen LogP contribution in [-0.4, -0.2) is 36.6 Å². The molecule has 22 heavy (non-hydrogen) atoms. The molecule has 4 aliphatic rings. The number of rotatable bonds is 2. The molecule has 3 heteroatoms. The predicted octanol–water partition coefficient (Wildman–Crippen LogP) is 3.40. The van der Waals surface area contributed by atoms with Gasteiger partial charge in [-0.2, -0.15) is 0 Å². The zero-order chi connectivity index (χ0) is 15.3. The van der Waals surface area contributed by atoms with Crippen molar-refractivity contribution in [1.82, 2.24) is 4.90 Å². The maximum absolute atomic E-state index is 12.4. The Morgan fingerprint density at radius 2 is 2.09 bits per heavy atom. The highest BCUT2D eigenvalue weighted by atomic mass is 16.6. The van der Waals surface area contributed by atoms with E-state index in [0.717, 1.165) is 32.5 Å². The number of allylic oxidation sites excluding steroid dienone is 1. The Morgan fingerprint density at radius 3 is 2.86 bits per heavy atom. The molecule has 0 aromatic carbocycles. The van der Waals surface area contributed by atoms with Gasteiger partial charge in [0.05, 0.1) is 5.92 Å². The molecule has 2 heterocycles. The lowest BCUT2D eigenvalue weighted by Crippen LogP contribution is -2.45. The van der Waals surface area contributed by atoms with Gasteiger partial charge in [-0.15, -0.1) is 0 Å². The third-order valence-electron chi connectivity index (χ3n) is 6.97. The maximum Gasteiger partial charge on any atom is 0.310 e. The summed E-state index contributed by atoms with van der Waals surface area (Å²) in [5.41, 5.74) is 1.76. The summed E-state index contributed by atoms with van der Waals surface area (Å²) in [4.78, 5) is 14.9. The van der Waals surface area contributed by atoms with Crippen molar-refractivity contribution in [2.75, 3.05) is 19.6 Å². The zero-order valence-corrected chi connectivity index (χ0v) is 13.9. The Bertz CT molecular complexity index is 482. The molecule has 0 aromatic heterocycles. The van der Waals surface area contributed by atoms with Gasteiger partial charge in [0, 0.05) is 12.5 Å². The highest BCUT2D eigenvalue weighted by Gasteiger charge is 2.55. The number of carbonyl (C=O) groups excluding carboxylic acids is 1. The maximum atomic E-state index is 12.4. The standard InChI is InChI=1S/C19H29NO2/c1-13-6-5-7-19(2)11-17-14(10-16(13)19)15(18(21)22-17)12-20-8-3-4-9-20/h14-17H,1,3-12H2,2H3/t14-,15+,16+,17+,19-/m0/s1. The van der Waals surface area contributed by atoms with Crippen molar-refractivity contribution in [2.24, 2.45) is 23.2 Å². The van der Waals surface area contributed by atoms with Crippen LogP contribution in [0.3, 0.4) is 0 Å². The predicted molar refractivity (Wildman–Crippen MR) is 86.4 cm³/mol. The molecule has 0 bridgehead atoms. The molecular weight excluding hydrogens is 274 g/mol. The van der Waals surface area contributed by atoms with Crippen molar-refractivity contribution < 1.29 is 9.53 Å². The number of hydrogen-bond acceptors (Lipinski definition) is 3. The first-order valence-corrected chi connectivity index (χ1v) is 9.17. The van der Waals surface area contributed by atoms with Crippen LogP contribution in [0.25, 0.3) is 0 Å². The number of ether oxygens (including phenoxy) is 1. The normalized spacial score (nSPS) is 45.5. The smallest absolute Gasteiger partial charge is 0.310 e. The van der Waals surface area contributed by atoms with E-state index in [-0.39, 0.29) is 18.0 Å². The van der Waals surface area contributed by atoms with Gasteiger partial charge in [0.1, 0.15) is 6.10 Å². The fraction of sp³-hybridized carbons (Fsp3) is 0.842. The fourth-order valence-corrected chi connectivity index (χ4v) is 5.71. The molecule has 0 unspecified atom stereocenters. The van der Waals surface area contributed by atoms with Crippen LogP contribution in [0.4, 0.5) is 0 Å². The molecular formula is C19H29NO2. The number of hydrogen-bond donors (Lipinski definition) is 0. The molecule has 4 rings (SSSR count). The summed E-state index contributed by atoms with van der Waals surface area (Å²) in [6, 6.07) is 0. The van der Waals surface area contributed by atoms with Crippen molar-refractivity contribution in [3.05, 3.63) is 12.2 Å². The van der Waals surface area contributed by atoms with Crippen LogP contribution in [0, 0.1) is 23.2 Å². The summed E-state index contributed by atoms with van der Waals surface area (Å²) < 4.78 is 5.84. The van der Waals surface area contributed by atoms with Crippen molar-refractivity contribution in [2.45, 2.75) is 58.0 Å². The van der Waals surface area contributed by atoms with Gasteiger partial charge in [-0.3, -0.25) is 4.79 Å². The molecule has 0 amide bonds. The number of fused-ring (bicyclic) bond motifs is 2. The average molecular weight is 303 g/mol. The molecule has 122 valence electrons. The second-order valence-corrected chi connectivity index (χ2v) is 8.41. The molecule has 5 atom stereocenters. The number of esters is 1. The van der Waals surface area contributed by atoms with Crippen LogP contribution in [-0.2, 0) is 9.53 Å². The highest BCUT2D eigenvalue weighted by Crippen LogP contribution is 2.56. The lowest BCUT2D eigenvalue weighted by molar-refractivity contribution is -0.146. The topological polar surface area (TPSA) is 29.5 Å². The minimum Gasteiger partial charge on any atom is -0.462 e. The van der Waals surface area contributed by atoms with Gasteiger partial charge in [-0.05, 0) is 69.4 Å². The van der Waals surface area contributed by atoms with E-state index in [1.165, 1.54) is 37.7 Å². The lowest BCUT2D eigenvalue weighted by atomic mass is 9.55.